The molecule has 0 unspecified atom stereocenters. The number of rotatable bonds is 8. The lowest BCUT2D eigenvalue weighted by atomic mass is 10.2. The van der Waals surface area contributed by atoms with Crippen molar-refractivity contribution in [3.8, 4) is 10.4 Å². The van der Waals surface area contributed by atoms with E-state index in [1.165, 1.54) is 11.3 Å². The third-order valence-electron chi connectivity index (χ3n) is 2.95. The van der Waals surface area contributed by atoms with Crippen LogP contribution in [0, 0.1) is 0 Å². The molecule has 6 heteroatoms. The number of ether oxygens (including phenoxy) is 1. The molecule has 0 radical (unpaired) electrons. The van der Waals surface area contributed by atoms with Gasteiger partial charge in [-0.1, -0.05) is 23.7 Å². The summed E-state index contributed by atoms with van der Waals surface area (Å²) in [5, 5.41) is 12.1. The van der Waals surface area contributed by atoms with Crippen molar-refractivity contribution in [2.24, 2.45) is 0 Å². The SMILES string of the molecule is O=C(NCCCOCCO)c1ccc(-c2ccc(Cl)cc2)s1. The summed E-state index contributed by atoms with van der Waals surface area (Å²) in [5.74, 6) is -0.0765. The first-order valence-corrected chi connectivity index (χ1v) is 8.22. The number of thiophene rings is 1. The summed E-state index contributed by atoms with van der Waals surface area (Å²) in [4.78, 5) is 13.7. The zero-order valence-electron chi connectivity index (χ0n) is 12.0. The Morgan fingerprint density at radius 1 is 1.18 bits per heavy atom. The quantitative estimate of drug-likeness (QED) is 0.726. The van der Waals surface area contributed by atoms with E-state index in [0.29, 0.717) is 29.7 Å². The number of benzene rings is 1. The average Bonchev–Trinajstić information content (AvgIpc) is 3.01. The Morgan fingerprint density at radius 3 is 2.68 bits per heavy atom. The lowest BCUT2D eigenvalue weighted by Gasteiger charge is -2.04. The van der Waals surface area contributed by atoms with E-state index in [4.69, 9.17) is 21.4 Å². The van der Waals surface area contributed by atoms with E-state index in [1.54, 1.807) is 0 Å². The molecule has 0 aliphatic rings. The summed E-state index contributed by atoms with van der Waals surface area (Å²) in [6, 6.07) is 11.3. The predicted molar refractivity (Wildman–Crippen MR) is 89.6 cm³/mol. The van der Waals surface area contributed by atoms with Gasteiger partial charge in [-0.3, -0.25) is 4.79 Å². The Bertz CT molecular complexity index is 598. The molecule has 22 heavy (non-hydrogen) atoms. The molecule has 118 valence electrons. The highest BCUT2D eigenvalue weighted by Crippen LogP contribution is 2.28. The molecule has 0 aliphatic heterocycles. The van der Waals surface area contributed by atoms with Gasteiger partial charge in [-0.2, -0.15) is 0 Å². The Hall–Kier alpha value is -1.40. The Balaban J connectivity index is 1.83. The smallest absolute Gasteiger partial charge is 0.261 e. The molecule has 0 saturated heterocycles. The number of aliphatic hydroxyl groups excluding tert-OH is 1. The maximum Gasteiger partial charge on any atom is 0.261 e. The molecule has 0 aliphatic carbocycles. The van der Waals surface area contributed by atoms with Crippen LogP contribution < -0.4 is 5.32 Å². The van der Waals surface area contributed by atoms with Gasteiger partial charge in [0.2, 0.25) is 0 Å². The van der Waals surface area contributed by atoms with Gasteiger partial charge in [0.1, 0.15) is 0 Å². The third-order valence-corrected chi connectivity index (χ3v) is 4.33. The highest BCUT2D eigenvalue weighted by molar-refractivity contribution is 7.17. The standard InChI is InChI=1S/C16H18ClNO3S/c17-13-4-2-12(3-5-13)14-6-7-15(22-14)16(20)18-8-1-10-21-11-9-19/h2-7,19H,1,8-11H2,(H,18,20). The van der Waals surface area contributed by atoms with E-state index in [1.807, 2.05) is 36.4 Å². The van der Waals surface area contributed by atoms with Crippen molar-refractivity contribution in [1.82, 2.24) is 5.32 Å². The monoisotopic (exact) mass is 339 g/mol. The summed E-state index contributed by atoms with van der Waals surface area (Å²) >= 11 is 7.33. The topological polar surface area (TPSA) is 58.6 Å². The lowest BCUT2D eigenvalue weighted by Crippen LogP contribution is -2.24. The lowest BCUT2D eigenvalue weighted by molar-refractivity contribution is 0.0869. The molecule has 0 fully saturated rings. The van der Waals surface area contributed by atoms with E-state index in [-0.39, 0.29) is 12.5 Å². The Morgan fingerprint density at radius 2 is 1.95 bits per heavy atom. The minimum atomic E-state index is -0.0765. The number of aliphatic hydroxyl groups is 1. The van der Waals surface area contributed by atoms with Gasteiger partial charge < -0.3 is 15.2 Å². The maximum atomic E-state index is 12.0. The number of nitrogens with one attached hydrogen (secondary N) is 1. The second kappa shape index (κ2) is 8.90. The van der Waals surface area contributed by atoms with Crippen LogP contribution in [0.4, 0.5) is 0 Å². The van der Waals surface area contributed by atoms with Gasteiger partial charge in [0.05, 0.1) is 18.1 Å². The van der Waals surface area contributed by atoms with Crippen LogP contribution in [0.5, 0.6) is 0 Å². The Labute approximate surface area is 138 Å². The summed E-state index contributed by atoms with van der Waals surface area (Å²) in [6.45, 7) is 1.44. The summed E-state index contributed by atoms with van der Waals surface area (Å²) < 4.78 is 5.13. The summed E-state index contributed by atoms with van der Waals surface area (Å²) in [6.07, 6.45) is 0.723. The second-order valence-corrected chi connectivity index (χ2v) is 6.14. The molecule has 1 aromatic heterocycles. The van der Waals surface area contributed by atoms with E-state index < -0.39 is 0 Å². The normalized spacial score (nSPS) is 10.6. The molecule has 2 aromatic rings. The van der Waals surface area contributed by atoms with Crippen LogP contribution in [0.2, 0.25) is 5.02 Å². The average molecular weight is 340 g/mol. The molecule has 0 saturated carbocycles. The summed E-state index contributed by atoms with van der Waals surface area (Å²) in [5.41, 5.74) is 1.05. The van der Waals surface area contributed by atoms with Crippen LogP contribution in [0.15, 0.2) is 36.4 Å². The largest absolute Gasteiger partial charge is 0.394 e. The molecule has 0 atom stereocenters. The molecule has 1 aromatic carbocycles. The predicted octanol–water partition coefficient (Wildman–Crippen LogP) is 3.20. The number of amides is 1. The van der Waals surface area contributed by atoms with E-state index >= 15 is 0 Å². The number of halogens is 1. The molecular weight excluding hydrogens is 322 g/mol. The Kier molecular flexibility index (Phi) is 6.86. The van der Waals surface area contributed by atoms with Crippen molar-refractivity contribution in [2.45, 2.75) is 6.42 Å². The second-order valence-electron chi connectivity index (χ2n) is 4.62. The fourth-order valence-electron chi connectivity index (χ4n) is 1.86. The van der Waals surface area contributed by atoms with Gasteiger partial charge in [-0.15, -0.1) is 11.3 Å². The number of carbonyl (C=O) groups is 1. The van der Waals surface area contributed by atoms with E-state index in [9.17, 15) is 4.79 Å². The number of hydrogen-bond acceptors (Lipinski definition) is 4. The van der Waals surface area contributed by atoms with Crippen LogP contribution in [0.1, 0.15) is 16.1 Å². The van der Waals surface area contributed by atoms with Gasteiger partial charge in [-0.05, 0) is 36.2 Å². The first-order chi connectivity index (χ1) is 10.7. The van der Waals surface area contributed by atoms with Crippen molar-refractivity contribution >= 4 is 28.8 Å². The first kappa shape index (κ1) is 17.0. The van der Waals surface area contributed by atoms with Gasteiger partial charge in [0, 0.05) is 23.1 Å². The van der Waals surface area contributed by atoms with Crippen LogP contribution in [0.3, 0.4) is 0 Å². The van der Waals surface area contributed by atoms with Crippen molar-refractivity contribution in [3.05, 3.63) is 46.3 Å². The van der Waals surface area contributed by atoms with Gasteiger partial charge in [-0.25, -0.2) is 0 Å². The molecule has 0 spiro atoms. The highest BCUT2D eigenvalue weighted by atomic mass is 35.5. The minimum Gasteiger partial charge on any atom is -0.394 e. The van der Waals surface area contributed by atoms with Crippen molar-refractivity contribution in [3.63, 3.8) is 0 Å². The molecule has 0 bridgehead atoms. The summed E-state index contributed by atoms with van der Waals surface area (Å²) in [7, 11) is 0. The van der Waals surface area contributed by atoms with Gasteiger partial charge in [0.15, 0.2) is 0 Å². The van der Waals surface area contributed by atoms with E-state index in [2.05, 4.69) is 5.32 Å². The van der Waals surface area contributed by atoms with Crippen LogP contribution >= 0.6 is 22.9 Å². The molecule has 2 N–H and O–H groups in total. The fourth-order valence-corrected chi connectivity index (χ4v) is 2.91. The van der Waals surface area contributed by atoms with Crippen molar-refractivity contribution in [2.75, 3.05) is 26.4 Å². The maximum absolute atomic E-state index is 12.0. The molecule has 2 rings (SSSR count). The zero-order chi connectivity index (χ0) is 15.8. The number of carbonyl (C=O) groups excluding carboxylic acids is 1. The zero-order valence-corrected chi connectivity index (χ0v) is 13.6. The van der Waals surface area contributed by atoms with Crippen molar-refractivity contribution in [1.29, 1.82) is 0 Å². The third kappa shape index (κ3) is 5.10. The number of hydrogen-bond donors (Lipinski definition) is 2. The van der Waals surface area contributed by atoms with Crippen LogP contribution in [-0.2, 0) is 4.74 Å². The van der Waals surface area contributed by atoms with Crippen LogP contribution in [0.25, 0.3) is 10.4 Å². The minimum absolute atomic E-state index is 0.0228. The van der Waals surface area contributed by atoms with Gasteiger partial charge in [0.25, 0.3) is 5.91 Å². The highest BCUT2D eigenvalue weighted by Gasteiger charge is 2.09. The van der Waals surface area contributed by atoms with Crippen molar-refractivity contribution < 1.29 is 14.6 Å². The van der Waals surface area contributed by atoms with Crippen LogP contribution in [-0.4, -0.2) is 37.4 Å². The molecule has 1 amide bonds. The van der Waals surface area contributed by atoms with E-state index in [0.717, 1.165) is 16.9 Å². The molecular formula is C16H18ClNO3S. The first-order valence-electron chi connectivity index (χ1n) is 7.03. The fraction of sp³-hybridized carbons (Fsp3) is 0.312. The molecule has 1 heterocycles. The van der Waals surface area contributed by atoms with Gasteiger partial charge >= 0.3 is 0 Å². The molecule has 4 nitrogen and oxygen atoms in total.